The molecule has 1 atom stereocenters. The molecule has 0 saturated carbocycles. The first-order valence-electron chi connectivity index (χ1n) is 33.4. The van der Waals surface area contributed by atoms with E-state index in [2.05, 4.69) is 130 Å². The van der Waals surface area contributed by atoms with Gasteiger partial charge in [-0.1, -0.05) is 297 Å². The Kier molecular flexibility index (Phi) is 63.3. The Morgan fingerprint density at radius 2 is 0.494 bits per heavy atom. The van der Waals surface area contributed by atoms with E-state index >= 15 is 0 Å². The van der Waals surface area contributed by atoms with E-state index < -0.39 is 6.10 Å². The Hall–Kier alpha value is -3.93. The summed E-state index contributed by atoms with van der Waals surface area (Å²) in [7, 11) is 0. The number of carbonyl (C=O) groups excluding carboxylic acids is 3. The van der Waals surface area contributed by atoms with Gasteiger partial charge in [0, 0.05) is 19.3 Å². The van der Waals surface area contributed by atoms with Crippen molar-refractivity contribution in [1.29, 1.82) is 0 Å². The molecular formula is C73H124O6. The van der Waals surface area contributed by atoms with Crippen LogP contribution in [0.25, 0.3) is 0 Å². The van der Waals surface area contributed by atoms with Crippen LogP contribution in [-0.4, -0.2) is 37.2 Å². The van der Waals surface area contributed by atoms with Crippen LogP contribution in [0.15, 0.2) is 109 Å². The van der Waals surface area contributed by atoms with E-state index in [0.717, 1.165) is 116 Å². The highest BCUT2D eigenvalue weighted by atomic mass is 16.6. The molecule has 0 aromatic carbocycles. The number of allylic oxidation sites excluding steroid dienone is 18. The Balaban J connectivity index is 4.23. The fourth-order valence-corrected chi connectivity index (χ4v) is 9.28. The highest BCUT2D eigenvalue weighted by Crippen LogP contribution is 2.16. The molecule has 1 unspecified atom stereocenters. The zero-order chi connectivity index (χ0) is 57.1. The zero-order valence-corrected chi connectivity index (χ0v) is 51.9. The van der Waals surface area contributed by atoms with Crippen LogP contribution in [0.4, 0.5) is 0 Å². The maximum atomic E-state index is 12.9. The summed E-state index contributed by atoms with van der Waals surface area (Å²) < 4.78 is 16.9. The van der Waals surface area contributed by atoms with Crippen LogP contribution in [0.5, 0.6) is 0 Å². The van der Waals surface area contributed by atoms with Crippen molar-refractivity contribution in [1.82, 2.24) is 0 Å². The van der Waals surface area contributed by atoms with Gasteiger partial charge in [0.15, 0.2) is 6.10 Å². The lowest BCUT2D eigenvalue weighted by Gasteiger charge is -2.18. The fourth-order valence-electron chi connectivity index (χ4n) is 9.28. The third kappa shape index (κ3) is 64.8. The summed E-state index contributed by atoms with van der Waals surface area (Å²) in [6.45, 7) is 6.51. The topological polar surface area (TPSA) is 78.9 Å². The van der Waals surface area contributed by atoms with E-state index in [4.69, 9.17) is 14.2 Å². The van der Waals surface area contributed by atoms with Crippen molar-refractivity contribution in [3.8, 4) is 0 Å². The average Bonchev–Trinajstić information content (AvgIpc) is 3.45. The van der Waals surface area contributed by atoms with Crippen LogP contribution in [0, 0.1) is 0 Å². The monoisotopic (exact) mass is 1100 g/mol. The Morgan fingerprint density at radius 1 is 0.266 bits per heavy atom. The van der Waals surface area contributed by atoms with Crippen molar-refractivity contribution in [2.45, 2.75) is 322 Å². The molecule has 6 nitrogen and oxygen atoms in total. The molecule has 0 heterocycles. The third-order valence-corrected chi connectivity index (χ3v) is 14.3. The van der Waals surface area contributed by atoms with E-state index in [1.807, 2.05) is 0 Å². The standard InChI is InChI=1S/C73H124O6/c1-4-7-10-13-16-19-21-23-25-27-29-31-33-34-35-36-37-38-40-41-43-45-47-49-51-54-57-60-63-66-72(75)78-69-70(68-77-71(74)65-62-59-56-53-18-15-12-9-6-3)79-73(76)67-64-61-58-55-52-50-48-46-44-42-39-32-30-28-26-24-22-20-17-14-11-8-5-2/h7,10,16,19,22-25,28-31,34-35,37-39,42,70H,4-6,8-9,11-15,17-18,20-21,26-27,32-33,36,40-41,43-69H2,1-3H3/b10-7-,19-16-,24-22-,25-23-,30-28-,31-29-,35-34-,38-37-,42-39-. The highest BCUT2D eigenvalue weighted by Gasteiger charge is 2.19. The Morgan fingerprint density at radius 3 is 0.772 bits per heavy atom. The second kappa shape index (κ2) is 66.6. The number of esters is 3. The van der Waals surface area contributed by atoms with E-state index in [1.54, 1.807) is 0 Å². The number of hydrogen-bond donors (Lipinski definition) is 0. The van der Waals surface area contributed by atoms with Gasteiger partial charge >= 0.3 is 17.9 Å². The first kappa shape index (κ1) is 75.1. The molecule has 0 radical (unpaired) electrons. The molecule has 0 aromatic rings. The van der Waals surface area contributed by atoms with Gasteiger partial charge in [-0.15, -0.1) is 0 Å². The van der Waals surface area contributed by atoms with Crippen molar-refractivity contribution in [2.75, 3.05) is 13.2 Å². The summed E-state index contributed by atoms with van der Waals surface area (Å²) in [6, 6.07) is 0. The van der Waals surface area contributed by atoms with Gasteiger partial charge in [-0.25, -0.2) is 0 Å². The molecule has 0 saturated heterocycles. The minimum atomic E-state index is -0.784. The Labute approximate surface area is 489 Å². The molecule has 6 heteroatoms. The molecule has 0 spiro atoms. The minimum absolute atomic E-state index is 0.0805. The second-order valence-electron chi connectivity index (χ2n) is 22.0. The van der Waals surface area contributed by atoms with Crippen LogP contribution >= 0.6 is 0 Å². The smallest absolute Gasteiger partial charge is 0.306 e. The molecule has 0 N–H and O–H groups in total. The number of unbranched alkanes of at least 4 members (excludes halogenated alkanes) is 31. The molecular weight excluding hydrogens is 973 g/mol. The lowest BCUT2D eigenvalue weighted by molar-refractivity contribution is -0.167. The van der Waals surface area contributed by atoms with E-state index in [9.17, 15) is 14.4 Å². The van der Waals surface area contributed by atoms with E-state index in [1.165, 1.54) is 161 Å². The molecule has 0 bridgehead atoms. The van der Waals surface area contributed by atoms with Crippen LogP contribution in [0.1, 0.15) is 316 Å². The van der Waals surface area contributed by atoms with Crippen molar-refractivity contribution in [3.05, 3.63) is 109 Å². The molecule has 0 amide bonds. The predicted molar refractivity (Wildman–Crippen MR) is 343 cm³/mol. The number of ether oxygens (including phenoxy) is 3. The SMILES string of the molecule is CC/C=C\C/C=C\C/C=C\C/C=C\C/C=C\C/C=C\CCCCCCCCCCCCC(=O)OCC(COC(=O)CCCCCCCCCCC)OC(=O)CCCCCCCCCC/C=C\C/C=C\C/C=C\CCCCCCC. The van der Waals surface area contributed by atoms with Crippen molar-refractivity contribution in [2.24, 2.45) is 0 Å². The molecule has 0 fully saturated rings. The van der Waals surface area contributed by atoms with Gasteiger partial charge in [-0.2, -0.15) is 0 Å². The van der Waals surface area contributed by atoms with Crippen molar-refractivity contribution < 1.29 is 28.6 Å². The lowest BCUT2D eigenvalue weighted by Crippen LogP contribution is -2.30. The molecule has 0 aromatic heterocycles. The summed E-state index contributed by atoms with van der Waals surface area (Å²) in [4.78, 5) is 38.2. The maximum Gasteiger partial charge on any atom is 0.306 e. The molecule has 0 rings (SSSR count). The molecule has 0 aliphatic rings. The highest BCUT2D eigenvalue weighted by molar-refractivity contribution is 5.71. The normalized spacial score (nSPS) is 12.8. The van der Waals surface area contributed by atoms with Gasteiger partial charge < -0.3 is 14.2 Å². The fraction of sp³-hybridized carbons (Fsp3) is 0.712. The van der Waals surface area contributed by atoms with Gasteiger partial charge in [0.2, 0.25) is 0 Å². The van der Waals surface area contributed by atoms with Gasteiger partial charge in [-0.05, 0) is 109 Å². The largest absolute Gasteiger partial charge is 0.462 e. The van der Waals surface area contributed by atoms with E-state index in [-0.39, 0.29) is 31.1 Å². The minimum Gasteiger partial charge on any atom is -0.462 e. The van der Waals surface area contributed by atoms with Crippen LogP contribution in [-0.2, 0) is 28.6 Å². The summed E-state index contributed by atoms with van der Waals surface area (Å²) in [5.74, 6) is -0.887. The lowest BCUT2D eigenvalue weighted by atomic mass is 10.1. The third-order valence-electron chi connectivity index (χ3n) is 14.3. The number of rotatable bonds is 60. The summed E-state index contributed by atoms with van der Waals surface area (Å²) in [6.07, 6.45) is 91.1. The van der Waals surface area contributed by atoms with Crippen molar-refractivity contribution in [3.63, 3.8) is 0 Å². The quantitative estimate of drug-likeness (QED) is 0.0261. The Bertz CT molecular complexity index is 1590. The predicted octanol–water partition coefficient (Wildman–Crippen LogP) is 23.0. The van der Waals surface area contributed by atoms with Gasteiger partial charge in [0.05, 0.1) is 0 Å². The van der Waals surface area contributed by atoms with Gasteiger partial charge in [-0.3, -0.25) is 14.4 Å². The first-order chi connectivity index (χ1) is 39.0. The summed E-state index contributed by atoms with van der Waals surface area (Å²) in [5.41, 5.74) is 0. The van der Waals surface area contributed by atoms with Gasteiger partial charge in [0.25, 0.3) is 0 Å². The van der Waals surface area contributed by atoms with Crippen molar-refractivity contribution >= 4 is 17.9 Å². The van der Waals surface area contributed by atoms with Crippen LogP contribution < -0.4 is 0 Å². The molecule has 452 valence electrons. The molecule has 79 heavy (non-hydrogen) atoms. The number of hydrogen-bond acceptors (Lipinski definition) is 6. The maximum absolute atomic E-state index is 12.9. The molecule has 0 aliphatic heterocycles. The second-order valence-corrected chi connectivity index (χ2v) is 22.0. The zero-order valence-electron chi connectivity index (χ0n) is 51.9. The summed E-state index contributed by atoms with van der Waals surface area (Å²) in [5, 5.41) is 0. The van der Waals surface area contributed by atoms with Crippen LogP contribution in [0.3, 0.4) is 0 Å². The number of carbonyl (C=O) groups is 3. The summed E-state index contributed by atoms with van der Waals surface area (Å²) >= 11 is 0. The first-order valence-corrected chi connectivity index (χ1v) is 33.4. The molecule has 0 aliphatic carbocycles. The van der Waals surface area contributed by atoms with E-state index in [0.29, 0.717) is 19.3 Å². The average molecular weight is 1100 g/mol. The van der Waals surface area contributed by atoms with Crippen LogP contribution in [0.2, 0.25) is 0 Å². The van der Waals surface area contributed by atoms with Gasteiger partial charge in [0.1, 0.15) is 13.2 Å².